The molecule has 0 aliphatic rings. The van der Waals surface area contributed by atoms with E-state index in [0.29, 0.717) is 12.2 Å². The minimum absolute atomic E-state index is 0.0569. The van der Waals surface area contributed by atoms with Crippen LogP contribution in [0, 0.1) is 0 Å². The van der Waals surface area contributed by atoms with Crippen molar-refractivity contribution in [2.75, 3.05) is 5.32 Å². The van der Waals surface area contributed by atoms with E-state index in [2.05, 4.69) is 22.2 Å². The van der Waals surface area contributed by atoms with E-state index in [1.165, 1.54) is 18.8 Å². The third kappa shape index (κ3) is 4.57. The lowest BCUT2D eigenvalue weighted by Gasteiger charge is -2.04. The van der Waals surface area contributed by atoms with E-state index in [1.54, 1.807) is 0 Å². The Hall–Kier alpha value is -1.16. The minimum atomic E-state index is -0.0569. The van der Waals surface area contributed by atoms with E-state index in [1.807, 2.05) is 0 Å². The Labute approximate surface area is 100 Å². The maximum Gasteiger partial charge on any atom is 0.225 e. The summed E-state index contributed by atoms with van der Waals surface area (Å²) in [5, 5.41) is 2.87. The van der Waals surface area contributed by atoms with Gasteiger partial charge in [-0.1, -0.05) is 37.8 Å². The molecule has 1 aromatic rings. The summed E-state index contributed by atoms with van der Waals surface area (Å²) in [6.07, 6.45) is 7.80. The van der Waals surface area contributed by atoms with Crippen LogP contribution in [0.15, 0.2) is 12.4 Å². The molecule has 1 amide bonds. The lowest BCUT2D eigenvalue weighted by atomic mass is 10.1. The molecule has 1 N–H and O–H groups in total. The van der Waals surface area contributed by atoms with Gasteiger partial charge in [-0.3, -0.25) is 4.79 Å². The van der Waals surface area contributed by atoms with Crippen LogP contribution in [0.25, 0.3) is 0 Å². The van der Waals surface area contributed by atoms with Gasteiger partial charge in [-0.2, -0.15) is 0 Å². The average molecular weight is 242 g/mol. The summed E-state index contributed by atoms with van der Waals surface area (Å²) in [5.74, 6) is 0.281. The number of hydrogen-bond acceptors (Lipinski definition) is 3. The summed E-state index contributed by atoms with van der Waals surface area (Å²) < 4.78 is 0. The van der Waals surface area contributed by atoms with Gasteiger partial charge in [-0.15, -0.1) is 0 Å². The second-order valence-corrected chi connectivity index (χ2v) is 3.91. The van der Waals surface area contributed by atoms with Crippen LogP contribution in [-0.2, 0) is 4.79 Å². The van der Waals surface area contributed by atoms with Gasteiger partial charge in [-0.05, 0) is 6.42 Å². The van der Waals surface area contributed by atoms with Gasteiger partial charge in [0.1, 0.15) is 0 Å². The van der Waals surface area contributed by atoms with Crippen LogP contribution in [0.5, 0.6) is 0 Å². The molecule has 4 nitrogen and oxygen atoms in total. The van der Waals surface area contributed by atoms with Crippen molar-refractivity contribution in [3.05, 3.63) is 17.5 Å². The number of nitrogens with one attached hydrogen (secondary N) is 1. The highest BCUT2D eigenvalue weighted by atomic mass is 35.5. The number of nitrogens with zero attached hydrogens (tertiary/aromatic N) is 2. The van der Waals surface area contributed by atoms with Gasteiger partial charge in [0.15, 0.2) is 11.0 Å². The number of halogens is 1. The number of carbonyl (C=O) groups is 1. The summed E-state index contributed by atoms with van der Waals surface area (Å²) >= 11 is 5.76. The first kappa shape index (κ1) is 12.9. The largest absolute Gasteiger partial charge is 0.308 e. The van der Waals surface area contributed by atoms with Crippen LogP contribution >= 0.6 is 11.6 Å². The molecule has 0 atom stereocenters. The second-order valence-electron chi connectivity index (χ2n) is 3.55. The fourth-order valence-electron chi connectivity index (χ4n) is 1.31. The molecule has 0 saturated carbocycles. The maximum absolute atomic E-state index is 11.5. The first-order chi connectivity index (χ1) is 7.74. The van der Waals surface area contributed by atoms with Gasteiger partial charge >= 0.3 is 0 Å². The van der Waals surface area contributed by atoms with Gasteiger partial charge in [0, 0.05) is 18.8 Å². The smallest absolute Gasteiger partial charge is 0.225 e. The molecule has 0 bridgehead atoms. The highest BCUT2D eigenvalue weighted by Crippen LogP contribution is 2.14. The predicted octanol–water partition coefficient (Wildman–Crippen LogP) is 3.04. The highest BCUT2D eigenvalue weighted by molar-refractivity contribution is 6.32. The normalized spacial score (nSPS) is 10.1. The number of rotatable bonds is 6. The Bertz CT molecular complexity index is 344. The lowest BCUT2D eigenvalue weighted by molar-refractivity contribution is -0.116. The molecule has 5 heteroatoms. The van der Waals surface area contributed by atoms with E-state index in [9.17, 15) is 4.79 Å². The lowest BCUT2D eigenvalue weighted by Crippen LogP contribution is -2.12. The Morgan fingerprint density at radius 2 is 2.06 bits per heavy atom. The molecule has 0 unspecified atom stereocenters. The van der Waals surface area contributed by atoms with Crippen LogP contribution < -0.4 is 5.32 Å². The number of aromatic nitrogens is 2. The van der Waals surface area contributed by atoms with Crippen LogP contribution in [0.3, 0.4) is 0 Å². The molecule has 0 spiro atoms. The summed E-state index contributed by atoms with van der Waals surface area (Å²) in [6, 6.07) is 0. The molecule has 1 rings (SSSR count). The minimum Gasteiger partial charge on any atom is -0.308 e. The first-order valence-corrected chi connectivity index (χ1v) is 5.88. The second kappa shape index (κ2) is 7.17. The third-order valence-electron chi connectivity index (χ3n) is 2.17. The molecule has 0 saturated heterocycles. The third-order valence-corrected chi connectivity index (χ3v) is 2.45. The van der Waals surface area contributed by atoms with Crippen molar-refractivity contribution < 1.29 is 4.79 Å². The van der Waals surface area contributed by atoms with Gasteiger partial charge in [0.2, 0.25) is 5.91 Å². The molecule has 0 aliphatic carbocycles. The average Bonchev–Trinajstić information content (AvgIpc) is 2.28. The molecule has 0 fully saturated rings. The highest BCUT2D eigenvalue weighted by Gasteiger charge is 2.06. The topological polar surface area (TPSA) is 54.9 Å². The van der Waals surface area contributed by atoms with Gasteiger partial charge in [0.05, 0.1) is 0 Å². The van der Waals surface area contributed by atoms with Crippen molar-refractivity contribution in [3.63, 3.8) is 0 Å². The van der Waals surface area contributed by atoms with Crippen molar-refractivity contribution in [1.29, 1.82) is 0 Å². The zero-order valence-electron chi connectivity index (χ0n) is 9.37. The number of unbranched alkanes of at least 4 members (excludes halogenated alkanes) is 3. The first-order valence-electron chi connectivity index (χ1n) is 5.50. The van der Waals surface area contributed by atoms with Crippen molar-refractivity contribution >= 4 is 23.3 Å². The quantitative estimate of drug-likeness (QED) is 0.779. The van der Waals surface area contributed by atoms with Crippen molar-refractivity contribution in [1.82, 2.24) is 9.97 Å². The fourth-order valence-corrected chi connectivity index (χ4v) is 1.46. The number of carbonyl (C=O) groups excluding carboxylic acids is 1. The van der Waals surface area contributed by atoms with Gasteiger partial charge in [-0.25, -0.2) is 9.97 Å². The molecule has 1 aromatic heterocycles. The summed E-state index contributed by atoms with van der Waals surface area (Å²) in [4.78, 5) is 19.3. The monoisotopic (exact) mass is 241 g/mol. The van der Waals surface area contributed by atoms with Gasteiger partial charge in [0.25, 0.3) is 0 Å². The summed E-state index contributed by atoms with van der Waals surface area (Å²) in [5.41, 5.74) is 0. The molecule has 88 valence electrons. The summed E-state index contributed by atoms with van der Waals surface area (Å²) in [6.45, 7) is 2.14. The molecular weight excluding hydrogens is 226 g/mol. The molecule has 16 heavy (non-hydrogen) atoms. The van der Waals surface area contributed by atoms with Crippen molar-refractivity contribution in [3.8, 4) is 0 Å². The Morgan fingerprint density at radius 1 is 1.31 bits per heavy atom. The van der Waals surface area contributed by atoms with Crippen molar-refractivity contribution in [2.24, 2.45) is 0 Å². The number of amides is 1. The van der Waals surface area contributed by atoms with E-state index >= 15 is 0 Å². The predicted molar refractivity (Wildman–Crippen MR) is 64.4 cm³/mol. The summed E-state index contributed by atoms with van der Waals surface area (Å²) in [7, 11) is 0. The van der Waals surface area contributed by atoms with Crippen LogP contribution in [0.2, 0.25) is 5.15 Å². The van der Waals surface area contributed by atoms with Crippen LogP contribution in [0.4, 0.5) is 5.82 Å². The van der Waals surface area contributed by atoms with Crippen LogP contribution in [0.1, 0.15) is 39.0 Å². The zero-order chi connectivity index (χ0) is 11.8. The molecule has 0 aromatic carbocycles. The van der Waals surface area contributed by atoms with E-state index in [4.69, 9.17) is 11.6 Å². The fraction of sp³-hybridized carbons (Fsp3) is 0.545. The Kier molecular flexibility index (Phi) is 5.78. The van der Waals surface area contributed by atoms with Crippen LogP contribution in [-0.4, -0.2) is 15.9 Å². The molecule has 0 aliphatic heterocycles. The van der Waals surface area contributed by atoms with E-state index in [0.717, 1.165) is 19.3 Å². The molecule has 0 radical (unpaired) electrons. The van der Waals surface area contributed by atoms with Crippen molar-refractivity contribution in [2.45, 2.75) is 39.0 Å². The standard InChI is InChI=1S/C11H16ClN3O/c1-2-3-4-5-6-9(16)15-11-10(12)13-7-8-14-11/h7-8H,2-6H2,1H3,(H,14,15,16). The Morgan fingerprint density at radius 3 is 2.75 bits per heavy atom. The number of anilines is 1. The van der Waals surface area contributed by atoms with E-state index in [-0.39, 0.29) is 11.1 Å². The molecular formula is C11H16ClN3O. The number of hydrogen-bond donors (Lipinski definition) is 1. The zero-order valence-corrected chi connectivity index (χ0v) is 10.1. The SMILES string of the molecule is CCCCCCC(=O)Nc1nccnc1Cl. The molecule has 1 heterocycles. The Balaban J connectivity index is 2.32. The van der Waals surface area contributed by atoms with Gasteiger partial charge < -0.3 is 5.32 Å². The maximum atomic E-state index is 11.5. The van der Waals surface area contributed by atoms with E-state index < -0.39 is 0 Å².